The lowest BCUT2D eigenvalue weighted by molar-refractivity contribution is 0.341. The second-order valence-electron chi connectivity index (χ2n) is 5.13. The summed E-state index contributed by atoms with van der Waals surface area (Å²) in [7, 11) is -3.40. The Morgan fingerprint density at radius 2 is 1.79 bits per heavy atom. The fourth-order valence-electron chi connectivity index (χ4n) is 2.56. The van der Waals surface area contributed by atoms with Gasteiger partial charge < -0.3 is 0 Å². The average Bonchev–Trinajstić information content (AvgIpc) is 2.40. The quantitative estimate of drug-likeness (QED) is 0.859. The van der Waals surface area contributed by atoms with Crippen LogP contribution in [0.5, 0.6) is 0 Å². The molecular weight excluding hydrogens is 258 g/mol. The predicted molar refractivity (Wildman–Crippen MR) is 76.9 cm³/mol. The average molecular weight is 277 g/mol. The number of hydrogen-bond donors (Lipinski definition) is 1. The van der Waals surface area contributed by atoms with Crippen molar-refractivity contribution in [3.63, 3.8) is 0 Å². The number of sulfonamides is 1. The van der Waals surface area contributed by atoms with Gasteiger partial charge in [0.15, 0.2) is 0 Å². The molecule has 0 saturated heterocycles. The van der Waals surface area contributed by atoms with Crippen molar-refractivity contribution >= 4 is 10.0 Å². The van der Waals surface area contributed by atoms with Crippen LogP contribution in [0.4, 0.5) is 0 Å². The SMILES string of the molecule is C#CC1(NS(=O)(=O)Cc2ccccc2)CCCCC1. The van der Waals surface area contributed by atoms with Crippen molar-refractivity contribution in [3.8, 4) is 12.3 Å². The van der Waals surface area contributed by atoms with Crippen molar-refractivity contribution < 1.29 is 8.42 Å². The molecule has 0 unspecified atom stereocenters. The van der Waals surface area contributed by atoms with Gasteiger partial charge in [-0.15, -0.1) is 6.42 Å². The maximum Gasteiger partial charge on any atom is 0.217 e. The third-order valence-electron chi connectivity index (χ3n) is 3.53. The van der Waals surface area contributed by atoms with Crippen LogP contribution < -0.4 is 4.72 Å². The number of terminal acetylenes is 1. The smallest absolute Gasteiger partial charge is 0.212 e. The molecule has 0 aromatic heterocycles. The molecule has 1 aromatic carbocycles. The highest BCUT2D eigenvalue weighted by Gasteiger charge is 2.34. The summed E-state index contributed by atoms with van der Waals surface area (Å²) in [5, 5.41) is 0. The van der Waals surface area contributed by atoms with E-state index in [1.165, 1.54) is 0 Å². The van der Waals surface area contributed by atoms with Crippen LogP contribution >= 0.6 is 0 Å². The summed E-state index contributed by atoms with van der Waals surface area (Å²) in [6, 6.07) is 9.16. The van der Waals surface area contributed by atoms with Crippen molar-refractivity contribution in [1.29, 1.82) is 0 Å². The van der Waals surface area contributed by atoms with Gasteiger partial charge in [-0.25, -0.2) is 8.42 Å². The Kier molecular flexibility index (Phi) is 4.28. The second-order valence-corrected chi connectivity index (χ2v) is 6.86. The molecule has 0 bridgehead atoms. The Bertz CT molecular complexity index is 552. The molecule has 1 aliphatic rings. The van der Waals surface area contributed by atoms with Gasteiger partial charge in [-0.1, -0.05) is 55.5 Å². The first kappa shape index (κ1) is 14.1. The van der Waals surface area contributed by atoms with Crippen LogP contribution in [0.1, 0.15) is 37.7 Å². The lowest BCUT2D eigenvalue weighted by Gasteiger charge is -2.32. The van der Waals surface area contributed by atoms with Crippen molar-refractivity contribution in [2.24, 2.45) is 0 Å². The summed E-state index contributed by atoms with van der Waals surface area (Å²) < 4.78 is 27.2. The van der Waals surface area contributed by atoms with Gasteiger partial charge in [-0.05, 0) is 18.4 Å². The highest BCUT2D eigenvalue weighted by atomic mass is 32.2. The molecule has 0 atom stereocenters. The third-order valence-corrected chi connectivity index (χ3v) is 4.95. The molecule has 1 fully saturated rings. The Labute approximate surface area is 115 Å². The maximum absolute atomic E-state index is 12.2. The largest absolute Gasteiger partial charge is 0.217 e. The molecule has 0 amide bonds. The monoisotopic (exact) mass is 277 g/mol. The molecule has 102 valence electrons. The van der Waals surface area contributed by atoms with E-state index in [0.717, 1.165) is 37.7 Å². The van der Waals surface area contributed by atoms with Crippen LogP contribution in [0.2, 0.25) is 0 Å². The maximum atomic E-state index is 12.2. The molecule has 0 spiro atoms. The van der Waals surface area contributed by atoms with E-state index < -0.39 is 15.6 Å². The molecule has 19 heavy (non-hydrogen) atoms. The third kappa shape index (κ3) is 3.82. The summed E-state index contributed by atoms with van der Waals surface area (Å²) in [4.78, 5) is 0. The van der Waals surface area contributed by atoms with Crippen LogP contribution in [0.3, 0.4) is 0 Å². The molecule has 2 rings (SSSR count). The minimum atomic E-state index is -3.40. The molecule has 0 aliphatic heterocycles. The van der Waals surface area contributed by atoms with E-state index in [-0.39, 0.29) is 5.75 Å². The molecule has 4 heteroatoms. The lowest BCUT2D eigenvalue weighted by atomic mass is 9.83. The van der Waals surface area contributed by atoms with Crippen LogP contribution in [-0.4, -0.2) is 14.0 Å². The van der Waals surface area contributed by atoms with Gasteiger partial charge in [0.05, 0.1) is 11.3 Å². The van der Waals surface area contributed by atoms with Gasteiger partial charge in [0, 0.05) is 0 Å². The Morgan fingerprint density at radius 3 is 2.37 bits per heavy atom. The molecule has 1 aromatic rings. The van der Waals surface area contributed by atoms with Crippen LogP contribution in [0, 0.1) is 12.3 Å². The number of benzene rings is 1. The molecule has 3 nitrogen and oxygen atoms in total. The zero-order chi connectivity index (χ0) is 13.8. The summed E-state index contributed by atoms with van der Waals surface area (Å²) in [5.41, 5.74) is 0.101. The van der Waals surface area contributed by atoms with E-state index in [0.29, 0.717) is 0 Å². The van der Waals surface area contributed by atoms with Gasteiger partial charge in [-0.3, -0.25) is 0 Å². The van der Waals surface area contributed by atoms with E-state index in [2.05, 4.69) is 10.6 Å². The lowest BCUT2D eigenvalue weighted by Crippen LogP contribution is -2.48. The Morgan fingerprint density at radius 1 is 1.16 bits per heavy atom. The van der Waals surface area contributed by atoms with Gasteiger partial charge >= 0.3 is 0 Å². The van der Waals surface area contributed by atoms with E-state index in [4.69, 9.17) is 6.42 Å². The molecule has 1 saturated carbocycles. The molecule has 0 radical (unpaired) electrons. The van der Waals surface area contributed by atoms with Crippen LogP contribution in [-0.2, 0) is 15.8 Å². The van der Waals surface area contributed by atoms with E-state index >= 15 is 0 Å². The highest BCUT2D eigenvalue weighted by molar-refractivity contribution is 7.88. The van der Waals surface area contributed by atoms with Crippen LogP contribution in [0.15, 0.2) is 30.3 Å². The Hall–Kier alpha value is -1.31. The number of nitrogens with one attached hydrogen (secondary N) is 1. The summed E-state index contributed by atoms with van der Waals surface area (Å²) in [6.07, 6.45) is 10.1. The van der Waals surface area contributed by atoms with Gasteiger partial charge in [0.1, 0.15) is 0 Å². The van der Waals surface area contributed by atoms with Gasteiger partial charge in [-0.2, -0.15) is 4.72 Å². The second kappa shape index (κ2) is 5.77. The van der Waals surface area contributed by atoms with E-state index in [1.807, 2.05) is 30.3 Å². The molecule has 1 aliphatic carbocycles. The van der Waals surface area contributed by atoms with Gasteiger partial charge in [0.2, 0.25) is 10.0 Å². The summed E-state index contributed by atoms with van der Waals surface area (Å²) >= 11 is 0. The summed E-state index contributed by atoms with van der Waals surface area (Å²) in [5.74, 6) is 2.65. The predicted octanol–water partition coefficient (Wildman–Crippen LogP) is 2.44. The Balaban J connectivity index is 2.10. The number of rotatable bonds is 4. The van der Waals surface area contributed by atoms with Crippen molar-refractivity contribution in [2.75, 3.05) is 0 Å². The van der Waals surface area contributed by atoms with Crippen molar-refractivity contribution in [2.45, 2.75) is 43.4 Å². The van der Waals surface area contributed by atoms with Crippen molar-refractivity contribution in [1.82, 2.24) is 4.72 Å². The minimum absolute atomic E-state index is 0.0166. The fraction of sp³-hybridized carbons (Fsp3) is 0.467. The van der Waals surface area contributed by atoms with Gasteiger partial charge in [0.25, 0.3) is 0 Å². The minimum Gasteiger partial charge on any atom is -0.212 e. The highest BCUT2D eigenvalue weighted by Crippen LogP contribution is 2.28. The number of hydrogen-bond acceptors (Lipinski definition) is 2. The summed E-state index contributed by atoms with van der Waals surface area (Å²) in [6.45, 7) is 0. The molecular formula is C15H19NO2S. The first-order chi connectivity index (χ1) is 9.05. The first-order valence-corrected chi connectivity index (χ1v) is 8.24. The molecule has 0 heterocycles. The zero-order valence-electron chi connectivity index (χ0n) is 10.9. The standard InChI is InChI=1S/C15H19NO2S/c1-2-15(11-7-4-8-12-15)16-19(17,18)13-14-9-5-3-6-10-14/h1,3,5-6,9-10,16H,4,7-8,11-13H2. The topological polar surface area (TPSA) is 46.2 Å². The van der Waals surface area contributed by atoms with E-state index in [1.54, 1.807) is 0 Å². The van der Waals surface area contributed by atoms with Crippen LogP contribution in [0.25, 0.3) is 0 Å². The normalized spacial score (nSPS) is 18.7. The molecule has 1 N–H and O–H groups in total. The first-order valence-electron chi connectivity index (χ1n) is 6.59. The zero-order valence-corrected chi connectivity index (χ0v) is 11.7. The van der Waals surface area contributed by atoms with E-state index in [9.17, 15) is 8.42 Å². The fourth-order valence-corrected chi connectivity index (χ4v) is 4.12. The van der Waals surface area contributed by atoms with Crippen molar-refractivity contribution in [3.05, 3.63) is 35.9 Å².